The fourth-order valence-electron chi connectivity index (χ4n) is 4.00. The molecule has 1 aliphatic rings. The van der Waals surface area contributed by atoms with E-state index in [0.717, 1.165) is 33.3 Å². The summed E-state index contributed by atoms with van der Waals surface area (Å²) < 4.78 is 10.9. The average Bonchev–Trinajstić information content (AvgIpc) is 3.36. The van der Waals surface area contributed by atoms with Crippen LogP contribution in [0.2, 0.25) is 0 Å². The molecule has 1 N–H and O–H groups in total. The molecule has 0 amide bonds. The predicted octanol–water partition coefficient (Wildman–Crippen LogP) is 4.97. The van der Waals surface area contributed by atoms with E-state index in [-0.39, 0.29) is 18.3 Å². The van der Waals surface area contributed by atoms with Crippen molar-refractivity contribution in [3.8, 4) is 22.8 Å². The molecule has 1 aliphatic heterocycles. The van der Waals surface area contributed by atoms with Gasteiger partial charge in [-0.2, -0.15) is 0 Å². The highest BCUT2D eigenvalue weighted by atomic mass is 16.7. The topological polar surface area (TPSA) is 77.4 Å². The summed E-state index contributed by atoms with van der Waals surface area (Å²) in [7, 11) is 0. The Hall–Kier alpha value is -3.80. The number of H-pyrrole nitrogens is 1. The molecule has 0 saturated carbocycles. The summed E-state index contributed by atoms with van der Waals surface area (Å²) in [6.45, 7) is -0.0532. The van der Waals surface area contributed by atoms with E-state index >= 15 is 0 Å². The number of nitrogens with zero attached hydrogens (tertiary/aromatic N) is 1. The number of ether oxygens (including phenoxy) is 2. The van der Waals surface area contributed by atoms with Crippen molar-refractivity contribution in [2.45, 2.75) is 5.92 Å². The minimum absolute atomic E-state index is 0.168. The molecule has 0 bridgehead atoms. The number of hydrogen-bond donors (Lipinski definition) is 1. The van der Waals surface area contributed by atoms with Gasteiger partial charge in [0.05, 0.1) is 11.6 Å². The molecule has 144 valence electrons. The van der Waals surface area contributed by atoms with Crippen molar-refractivity contribution in [3.05, 3.63) is 94.0 Å². The SMILES string of the molecule is O=[N+]([O-])C[C@H](c1ccc2c(c1)OCO2)c1c(-c2ccccc2)[nH]c2ccccc12. The summed E-state index contributed by atoms with van der Waals surface area (Å²) >= 11 is 0. The Morgan fingerprint density at radius 3 is 2.55 bits per heavy atom. The molecule has 2 heterocycles. The van der Waals surface area contributed by atoms with Gasteiger partial charge < -0.3 is 14.5 Å². The van der Waals surface area contributed by atoms with Crippen LogP contribution in [0.15, 0.2) is 72.8 Å². The van der Waals surface area contributed by atoms with Crippen LogP contribution in [0.4, 0.5) is 0 Å². The van der Waals surface area contributed by atoms with Gasteiger partial charge in [-0.15, -0.1) is 0 Å². The third kappa shape index (κ3) is 3.08. The molecule has 6 nitrogen and oxygen atoms in total. The van der Waals surface area contributed by atoms with E-state index in [9.17, 15) is 10.1 Å². The van der Waals surface area contributed by atoms with Crippen molar-refractivity contribution in [3.63, 3.8) is 0 Å². The number of nitrogens with one attached hydrogen (secondary N) is 1. The van der Waals surface area contributed by atoms with Crippen LogP contribution >= 0.6 is 0 Å². The Morgan fingerprint density at radius 2 is 1.72 bits per heavy atom. The van der Waals surface area contributed by atoms with Crippen LogP contribution in [0.1, 0.15) is 17.0 Å². The van der Waals surface area contributed by atoms with Crippen molar-refractivity contribution in [2.24, 2.45) is 0 Å². The van der Waals surface area contributed by atoms with Gasteiger partial charge in [-0.25, -0.2) is 0 Å². The largest absolute Gasteiger partial charge is 0.454 e. The molecule has 0 saturated heterocycles. The third-order valence-electron chi connectivity index (χ3n) is 5.29. The van der Waals surface area contributed by atoms with E-state index in [2.05, 4.69) is 4.98 Å². The Kier molecular flexibility index (Phi) is 4.17. The monoisotopic (exact) mass is 386 g/mol. The molecular weight excluding hydrogens is 368 g/mol. The molecule has 6 heteroatoms. The summed E-state index contributed by atoms with van der Waals surface area (Å²) in [5, 5.41) is 12.6. The molecule has 4 aromatic rings. The second-order valence-corrected chi connectivity index (χ2v) is 7.01. The number of hydrogen-bond acceptors (Lipinski definition) is 4. The van der Waals surface area contributed by atoms with Gasteiger partial charge in [0.1, 0.15) is 0 Å². The smallest absolute Gasteiger partial charge is 0.231 e. The van der Waals surface area contributed by atoms with Crippen LogP contribution in [0, 0.1) is 10.1 Å². The lowest BCUT2D eigenvalue weighted by atomic mass is 9.87. The van der Waals surface area contributed by atoms with Crippen LogP contribution in [0.5, 0.6) is 11.5 Å². The molecular formula is C23H18N2O4. The number of para-hydroxylation sites is 1. The first-order valence-corrected chi connectivity index (χ1v) is 9.38. The zero-order valence-corrected chi connectivity index (χ0v) is 15.5. The summed E-state index contributed by atoms with van der Waals surface area (Å²) in [6, 6.07) is 23.4. The lowest BCUT2D eigenvalue weighted by Crippen LogP contribution is -2.14. The highest BCUT2D eigenvalue weighted by molar-refractivity contribution is 5.92. The first-order chi connectivity index (χ1) is 14.2. The zero-order chi connectivity index (χ0) is 19.8. The van der Waals surface area contributed by atoms with Gasteiger partial charge in [0.2, 0.25) is 13.3 Å². The van der Waals surface area contributed by atoms with Gasteiger partial charge in [0, 0.05) is 15.8 Å². The molecule has 0 fully saturated rings. The minimum atomic E-state index is -0.439. The summed E-state index contributed by atoms with van der Waals surface area (Å²) in [5.74, 6) is 0.846. The highest BCUT2D eigenvalue weighted by Gasteiger charge is 2.29. The molecule has 0 aliphatic carbocycles. The van der Waals surface area contributed by atoms with Crippen LogP contribution in [0.3, 0.4) is 0 Å². The van der Waals surface area contributed by atoms with Gasteiger partial charge in [-0.05, 0) is 34.9 Å². The number of aromatic nitrogens is 1. The average molecular weight is 386 g/mol. The number of rotatable bonds is 5. The molecule has 0 spiro atoms. The van der Waals surface area contributed by atoms with Gasteiger partial charge in [0.25, 0.3) is 0 Å². The third-order valence-corrected chi connectivity index (χ3v) is 5.29. The van der Waals surface area contributed by atoms with E-state index in [4.69, 9.17) is 9.47 Å². The summed E-state index contributed by atoms with van der Waals surface area (Å²) in [4.78, 5) is 14.9. The van der Waals surface area contributed by atoms with Crippen molar-refractivity contribution < 1.29 is 14.4 Å². The number of nitro groups is 1. The van der Waals surface area contributed by atoms with Crippen molar-refractivity contribution in [1.29, 1.82) is 0 Å². The fourth-order valence-corrected chi connectivity index (χ4v) is 4.00. The number of benzene rings is 3. The van der Waals surface area contributed by atoms with Crippen molar-refractivity contribution >= 4 is 10.9 Å². The molecule has 29 heavy (non-hydrogen) atoms. The highest BCUT2D eigenvalue weighted by Crippen LogP contribution is 2.42. The number of fused-ring (bicyclic) bond motifs is 2. The maximum absolute atomic E-state index is 11.6. The van der Waals surface area contributed by atoms with Crippen molar-refractivity contribution in [2.75, 3.05) is 13.3 Å². The van der Waals surface area contributed by atoms with Gasteiger partial charge >= 0.3 is 0 Å². The lowest BCUT2D eigenvalue weighted by molar-refractivity contribution is -0.481. The Bertz CT molecular complexity index is 1200. The maximum atomic E-state index is 11.6. The summed E-state index contributed by atoms with van der Waals surface area (Å²) in [6.07, 6.45) is 0. The molecule has 1 atom stereocenters. The normalized spacial score (nSPS) is 13.5. The van der Waals surface area contributed by atoms with Crippen molar-refractivity contribution in [1.82, 2.24) is 4.98 Å². The summed E-state index contributed by atoms with van der Waals surface area (Å²) in [5.41, 5.74) is 4.59. The maximum Gasteiger partial charge on any atom is 0.231 e. The Morgan fingerprint density at radius 1 is 0.966 bits per heavy atom. The van der Waals surface area contributed by atoms with Gasteiger partial charge in [-0.3, -0.25) is 10.1 Å². The van der Waals surface area contributed by atoms with E-state index in [1.807, 2.05) is 72.8 Å². The van der Waals surface area contributed by atoms with Crippen LogP contribution in [-0.4, -0.2) is 23.2 Å². The number of aromatic amines is 1. The molecule has 1 aromatic heterocycles. The standard InChI is InChI=1S/C23H18N2O4/c26-25(27)13-18(16-10-11-20-21(12-16)29-14-28-20)22-17-8-4-5-9-19(17)24-23(22)15-6-2-1-3-7-15/h1-12,18,24H,13-14H2/t18-/m1/s1. The lowest BCUT2D eigenvalue weighted by Gasteiger charge is -2.16. The van der Waals surface area contributed by atoms with Gasteiger partial charge in [0.15, 0.2) is 11.5 Å². The van der Waals surface area contributed by atoms with Crippen LogP contribution in [0.25, 0.3) is 22.2 Å². The van der Waals surface area contributed by atoms with E-state index in [1.165, 1.54) is 0 Å². The van der Waals surface area contributed by atoms with Crippen LogP contribution in [-0.2, 0) is 0 Å². The minimum Gasteiger partial charge on any atom is -0.454 e. The molecule has 3 aromatic carbocycles. The fraction of sp³-hybridized carbons (Fsp3) is 0.130. The van der Waals surface area contributed by atoms with E-state index in [0.29, 0.717) is 11.5 Å². The molecule has 5 rings (SSSR count). The quantitative estimate of drug-likeness (QED) is 0.388. The second kappa shape index (κ2) is 6.98. The van der Waals surface area contributed by atoms with Gasteiger partial charge in [-0.1, -0.05) is 54.6 Å². The molecule has 0 unspecified atom stereocenters. The first kappa shape index (κ1) is 17.3. The van der Waals surface area contributed by atoms with E-state index in [1.54, 1.807) is 0 Å². The Labute approximate surface area is 166 Å². The first-order valence-electron chi connectivity index (χ1n) is 9.38. The predicted molar refractivity (Wildman–Crippen MR) is 110 cm³/mol. The molecule has 0 radical (unpaired) electrons. The Balaban J connectivity index is 1.75. The zero-order valence-electron chi connectivity index (χ0n) is 15.5. The van der Waals surface area contributed by atoms with E-state index < -0.39 is 5.92 Å². The second-order valence-electron chi connectivity index (χ2n) is 7.01. The van der Waals surface area contributed by atoms with Crippen LogP contribution < -0.4 is 9.47 Å².